The van der Waals surface area contributed by atoms with Crippen molar-refractivity contribution in [1.29, 1.82) is 0 Å². The first-order valence-electron chi connectivity index (χ1n) is 8.91. The number of carbonyl (C=O) groups excluding carboxylic acids is 1. The molecule has 6 nitrogen and oxygen atoms in total. The molecule has 0 unspecified atom stereocenters. The van der Waals surface area contributed by atoms with Gasteiger partial charge in [0.25, 0.3) is 5.56 Å². The van der Waals surface area contributed by atoms with Gasteiger partial charge in [-0.2, -0.15) is 13.2 Å². The summed E-state index contributed by atoms with van der Waals surface area (Å²) in [7, 11) is 0. The number of benzene rings is 1. The van der Waals surface area contributed by atoms with Gasteiger partial charge in [-0.25, -0.2) is 4.79 Å². The van der Waals surface area contributed by atoms with Crippen molar-refractivity contribution in [3.8, 4) is 0 Å². The molecule has 10 heteroatoms. The lowest BCUT2D eigenvalue weighted by molar-refractivity contribution is -0.137. The van der Waals surface area contributed by atoms with Gasteiger partial charge < -0.3 is 5.32 Å². The third-order valence-electron chi connectivity index (χ3n) is 4.38. The minimum Gasteiger partial charge on any atom is -0.324 e. The summed E-state index contributed by atoms with van der Waals surface area (Å²) in [6.07, 6.45) is -3.25. The van der Waals surface area contributed by atoms with Gasteiger partial charge in [-0.15, -0.1) is 11.3 Å². The molecule has 0 radical (unpaired) electrons. The number of thiophene rings is 1. The van der Waals surface area contributed by atoms with E-state index < -0.39 is 35.4 Å². The highest BCUT2D eigenvalue weighted by Gasteiger charge is 2.33. The van der Waals surface area contributed by atoms with Gasteiger partial charge in [-0.3, -0.25) is 18.7 Å². The van der Waals surface area contributed by atoms with E-state index in [-0.39, 0.29) is 17.7 Å². The van der Waals surface area contributed by atoms with Gasteiger partial charge in [-0.05, 0) is 30.0 Å². The maximum Gasteiger partial charge on any atom is 0.418 e. The minimum atomic E-state index is -4.63. The summed E-state index contributed by atoms with van der Waals surface area (Å²) < 4.78 is 41.9. The van der Waals surface area contributed by atoms with Gasteiger partial charge in [0.1, 0.15) is 11.2 Å². The number of halogens is 3. The topological polar surface area (TPSA) is 73.1 Å². The SMILES string of the molecule is CCCCn1c(=O)c2sccc2n(CC(=O)Nc2ccccc2C(F)(F)F)c1=O. The number of nitrogens with zero attached hydrogens (tertiary/aromatic N) is 2. The van der Waals surface area contributed by atoms with Gasteiger partial charge in [-0.1, -0.05) is 25.5 Å². The number of aromatic nitrogens is 2. The second kappa shape index (κ2) is 8.24. The van der Waals surface area contributed by atoms with E-state index in [1.165, 1.54) is 12.1 Å². The molecule has 2 heterocycles. The highest BCUT2D eigenvalue weighted by atomic mass is 32.1. The van der Waals surface area contributed by atoms with Crippen LogP contribution in [0.2, 0.25) is 0 Å². The number of hydrogen-bond donors (Lipinski definition) is 1. The maximum atomic E-state index is 13.1. The van der Waals surface area contributed by atoms with Crippen molar-refractivity contribution < 1.29 is 18.0 Å². The van der Waals surface area contributed by atoms with Crippen LogP contribution in [-0.2, 0) is 24.1 Å². The maximum absolute atomic E-state index is 13.1. The van der Waals surface area contributed by atoms with E-state index in [9.17, 15) is 27.6 Å². The fourth-order valence-corrected chi connectivity index (χ4v) is 3.82. The molecule has 0 atom stereocenters. The Hall–Kier alpha value is -2.88. The van der Waals surface area contributed by atoms with Crippen LogP contribution in [0.3, 0.4) is 0 Å². The molecule has 2 aromatic heterocycles. The van der Waals surface area contributed by atoms with Gasteiger partial charge in [0.2, 0.25) is 5.91 Å². The molecule has 0 fully saturated rings. The summed E-state index contributed by atoms with van der Waals surface area (Å²) in [6.45, 7) is 1.62. The van der Waals surface area contributed by atoms with Crippen molar-refractivity contribution in [3.63, 3.8) is 0 Å². The van der Waals surface area contributed by atoms with Crippen LogP contribution in [0.1, 0.15) is 25.3 Å². The molecule has 0 aliphatic heterocycles. The summed E-state index contributed by atoms with van der Waals surface area (Å²) in [5.41, 5.74) is -2.16. The minimum absolute atomic E-state index is 0.209. The lowest BCUT2D eigenvalue weighted by atomic mass is 10.1. The molecule has 3 aromatic rings. The number of anilines is 1. The quantitative estimate of drug-likeness (QED) is 0.655. The molecule has 0 saturated heterocycles. The zero-order chi connectivity index (χ0) is 21.2. The Labute approximate surface area is 167 Å². The first kappa shape index (κ1) is 20.8. The third-order valence-corrected chi connectivity index (χ3v) is 5.27. The number of hydrogen-bond acceptors (Lipinski definition) is 4. The van der Waals surface area contributed by atoms with Crippen LogP contribution >= 0.6 is 11.3 Å². The highest BCUT2D eigenvalue weighted by molar-refractivity contribution is 7.17. The van der Waals surface area contributed by atoms with E-state index in [1.807, 2.05) is 6.92 Å². The monoisotopic (exact) mass is 425 g/mol. The van der Waals surface area contributed by atoms with Crippen molar-refractivity contribution >= 4 is 33.1 Å². The first-order valence-corrected chi connectivity index (χ1v) is 9.79. The summed E-state index contributed by atoms with van der Waals surface area (Å²) in [6, 6.07) is 6.15. The van der Waals surface area contributed by atoms with Gasteiger partial charge in [0.15, 0.2) is 0 Å². The third kappa shape index (κ3) is 4.26. The Morgan fingerprint density at radius 1 is 1.14 bits per heavy atom. The Balaban J connectivity index is 1.97. The molecular formula is C19H18F3N3O3S. The molecule has 0 aliphatic rings. The number of carbonyl (C=O) groups is 1. The summed E-state index contributed by atoms with van der Waals surface area (Å²) in [4.78, 5) is 37.8. The van der Waals surface area contributed by atoms with Crippen molar-refractivity contribution in [2.75, 3.05) is 5.32 Å². The smallest absolute Gasteiger partial charge is 0.324 e. The van der Waals surface area contributed by atoms with Crippen LogP contribution in [0.25, 0.3) is 10.2 Å². The van der Waals surface area contributed by atoms with Gasteiger partial charge in [0.05, 0.1) is 16.8 Å². The molecular weight excluding hydrogens is 407 g/mol. The molecule has 0 saturated carbocycles. The van der Waals surface area contributed by atoms with Crippen LogP contribution < -0.4 is 16.6 Å². The molecule has 154 valence electrons. The summed E-state index contributed by atoms with van der Waals surface area (Å²) in [5.74, 6) is -0.794. The zero-order valence-electron chi connectivity index (χ0n) is 15.5. The number of fused-ring (bicyclic) bond motifs is 1. The average molecular weight is 425 g/mol. The first-order chi connectivity index (χ1) is 13.7. The van der Waals surface area contributed by atoms with Crippen LogP contribution in [0.15, 0.2) is 45.3 Å². The largest absolute Gasteiger partial charge is 0.418 e. The van der Waals surface area contributed by atoms with Crippen LogP contribution in [0.5, 0.6) is 0 Å². The molecule has 3 rings (SSSR count). The van der Waals surface area contributed by atoms with E-state index >= 15 is 0 Å². The number of rotatable bonds is 6. The van der Waals surface area contributed by atoms with Crippen molar-refractivity contribution in [1.82, 2.24) is 9.13 Å². The molecule has 1 N–H and O–H groups in total. The predicted molar refractivity (Wildman–Crippen MR) is 105 cm³/mol. The standard InChI is InChI=1S/C19H18F3N3O3S/c1-2-3-9-24-17(27)16-14(8-10-29-16)25(18(24)28)11-15(26)23-13-7-5-4-6-12(13)19(20,21)22/h4-8,10H,2-3,9,11H2,1H3,(H,23,26). The number of unbranched alkanes of at least 4 members (excludes halogenated alkanes) is 1. The predicted octanol–water partition coefficient (Wildman–Crippen LogP) is 3.68. The lowest BCUT2D eigenvalue weighted by Crippen LogP contribution is -2.41. The fraction of sp³-hybridized carbons (Fsp3) is 0.316. The molecule has 0 aliphatic carbocycles. The van der Waals surface area contributed by atoms with Crippen LogP contribution in [0.4, 0.5) is 18.9 Å². The Kier molecular flexibility index (Phi) is 5.92. The van der Waals surface area contributed by atoms with Crippen molar-refractivity contribution in [2.24, 2.45) is 0 Å². The summed E-state index contributed by atoms with van der Waals surface area (Å²) >= 11 is 1.15. The highest BCUT2D eigenvalue weighted by Crippen LogP contribution is 2.34. The molecule has 0 bridgehead atoms. The molecule has 29 heavy (non-hydrogen) atoms. The van der Waals surface area contributed by atoms with E-state index in [0.717, 1.165) is 39.0 Å². The Bertz CT molecular complexity index is 1160. The zero-order valence-corrected chi connectivity index (χ0v) is 16.3. The summed E-state index contributed by atoms with van der Waals surface area (Å²) in [5, 5.41) is 3.85. The molecule has 0 spiro atoms. The van der Waals surface area contributed by atoms with Crippen LogP contribution in [-0.4, -0.2) is 15.0 Å². The second-order valence-electron chi connectivity index (χ2n) is 6.41. The fourth-order valence-electron chi connectivity index (χ4n) is 2.97. The molecule has 1 amide bonds. The lowest BCUT2D eigenvalue weighted by Gasteiger charge is -2.15. The number of nitrogens with one attached hydrogen (secondary N) is 1. The van der Waals surface area contributed by atoms with E-state index in [2.05, 4.69) is 5.32 Å². The van der Waals surface area contributed by atoms with Gasteiger partial charge in [0, 0.05) is 6.54 Å². The van der Waals surface area contributed by atoms with Crippen molar-refractivity contribution in [2.45, 2.75) is 39.0 Å². The normalized spacial score (nSPS) is 11.7. The second-order valence-corrected chi connectivity index (χ2v) is 7.32. The average Bonchev–Trinajstić information content (AvgIpc) is 3.15. The van der Waals surface area contributed by atoms with Gasteiger partial charge >= 0.3 is 11.9 Å². The number of para-hydroxylation sites is 1. The van der Waals surface area contributed by atoms with E-state index in [4.69, 9.17) is 0 Å². The number of amides is 1. The number of alkyl halides is 3. The Morgan fingerprint density at radius 3 is 2.55 bits per heavy atom. The van der Waals surface area contributed by atoms with Crippen molar-refractivity contribution in [3.05, 3.63) is 62.1 Å². The molecule has 1 aromatic carbocycles. The van der Waals surface area contributed by atoms with E-state index in [0.29, 0.717) is 11.1 Å². The van der Waals surface area contributed by atoms with E-state index in [1.54, 1.807) is 11.4 Å². The Morgan fingerprint density at radius 2 is 1.86 bits per heavy atom. The van der Waals surface area contributed by atoms with Crippen LogP contribution in [0, 0.1) is 0 Å².